The van der Waals surface area contributed by atoms with E-state index in [-0.39, 0.29) is 5.78 Å². The first kappa shape index (κ1) is 8.49. The third kappa shape index (κ3) is 1.37. The maximum atomic E-state index is 11.1. The van der Waals surface area contributed by atoms with Crippen LogP contribution in [0.4, 0.5) is 0 Å². The van der Waals surface area contributed by atoms with Crippen molar-refractivity contribution in [3.8, 4) is 11.4 Å². The normalized spacial score (nSPS) is 10.1. The van der Waals surface area contributed by atoms with E-state index < -0.39 is 0 Å². The van der Waals surface area contributed by atoms with Gasteiger partial charge in [0.05, 0.1) is 5.69 Å². The molecule has 0 fully saturated rings. The third-order valence-corrected chi connectivity index (χ3v) is 1.71. The summed E-state index contributed by atoms with van der Waals surface area (Å²) in [4.78, 5) is 18.9. The van der Waals surface area contributed by atoms with Crippen LogP contribution in [0.1, 0.15) is 17.4 Å². The predicted octanol–water partition coefficient (Wildman–Crippen LogP) is 0.464. The second kappa shape index (κ2) is 3.33. The highest BCUT2D eigenvalue weighted by Gasteiger charge is 2.14. The number of H-pyrrole nitrogens is 1. The van der Waals surface area contributed by atoms with Gasteiger partial charge in [-0.25, -0.2) is 9.97 Å². The van der Waals surface area contributed by atoms with Gasteiger partial charge in [0.15, 0.2) is 11.5 Å². The van der Waals surface area contributed by atoms with Crippen LogP contribution in [0.2, 0.25) is 0 Å². The molecule has 0 saturated carbocycles. The Balaban J connectivity index is 2.52. The Hall–Kier alpha value is -2.11. The summed E-state index contributed by atoms with van der Waals surface area (Å²) in [7, 11) is 0. The molecular formula is C8H7N5O. The minimum Gasteiger partial charge on any atom is -0.293 e. The monoisotopic (exact) mass is 189 g/mol. The number of nitrogens with zero attached hydrogens (tertiary/aromatic N) is 4. The zero-order chi connectivity index (χ0) is 9.97. The Morgan fingerprint density at radius 2 is 2.29 bits per heavy atom. The maximum Gasteiger partial charge on any atom is 0.182 e. The summed E-state index contributed by atoms with van der Waals surface area (Å²) < 4.78 is 0. The number of hydrogen-bond acceptors (Lipinski definition) is 5. The van der Waals surface area contributed by atoms with E-state index in [9.17, 15) is 4.79 Å². The first-order chi connectivity index (χ1) is 6.79. The zero-order valence-electron chi connectivity index (χ0n) is 7.43. The number of nitrogens with one attached hydrogen (secondary N) is 1. The van der Waals surface area contributed by atoms with Gasteiger partial charge in [0.2, 0.25) is 0 Å². The van der Waals surface area contributed by atoms with Crippen LogP contribution in [0.25, 0.3) is 11.4 Å². The topological polar surface area (TPSA) is 84.4 Å². The van der Waals surface area contributed by atoms with E-state index in [1.807, 2.05) is 0 Å². The van der Waals surface area contributed by atoms with Crippen molar-refractivity contribution in [3.63, 3.8) is 0 Å². The quantitative estimate of drug-likeness (QED) is 0.694. The smallest absolute Gasteiger partial charge is 0.182 e. The Bertz CT molecular complexity index is 450. The van der Waals surface area contributed by atoms with Gasteiger partial charge in [-0.2, -0.15) is 15.4 Å². The lowest BCUT2D eigenvalue weighted by molar-refractivity contribution is 0.101. The van der Waals surface area contributed by atoms with Crippen molar-refractivity contribution in [3.05, 3.63) is 24.3 Å². The van der Waals surface area contributed by atoms with Crippen molar-refractivity contribution in [2.75, 3.05) is 0 Å². The zero-order valence-corrected chi connectivity index (χ0v) is 7.43. The van der Waals surface area contributed by atoms with Gasteiger partial charge in [-0.15, -0.1) is 0 Å². The first-order valence-electron chi connectivity index (χ1n) is 3.97. The van der Waals surface area contributed by atoms with Crippen LogP contribution in [0.15, 0.2) is 18.6 Å². The van der Waals surface area contributed by atoms with E-state index in [1.165, 1.54) is 13.3 Å². The molecule has 2 aromatic rings. The fourth-order valence-corrected chi connectivity index (χ4v) is 1.09. The van der Waals surface area contributed by atoms with Gasteiger partial charge in [-0.05, 0) is 6.07 Å². The molecule has 0 bridgehead atoms. The van der Waals surface area contributed by atoms with Crippen LogP contribution >= 0.6 is 0 Å². The molecule has 0 saturated heterocycles. The number of aromatic amines is 1. The fourth-order valence-electron chi connectivity index (χ4n) is 1.09. The standard InChI is InChI=1S/C8H7N5O/c1-5(14)7-8(12-13-11-7)6-2-3-9-4-10-6/h2-4H,1H3,(H,11,12,13). The average molecular weight is 189 g/mol. The second-order valence-electron chi connectivity index (χ2n) is 2.67. The summed E-state index contributed by atoms with van der Waals surface area (Å²) in [5.74, 6) is -0.146. The minimum atomic E-state index is -0.146. The van der Waals surface area contributed by atoms with Crippen molar-refractivity contribution >= 4 is 5.78 Å². The number of ketones is 1. The third-order valence-electron chi connectivity index (χ3n) is 1.71. The number of aromatic nitrogens is 5. The lowest BCUT2D eigenvalue weighted by Gasteiger charge is -1.94. The van der Waals surface area contributed by atoms with Crippen LogP contribution in [0.5, 0.6) is 0 Å². The molecule has 0 aromatic carbocycles. The van der Waals surface area contributed by atoms with Gasteiger partial charge < -0.3 is 0 Å². The highest BCUT2D eigenvalue weighted by molar-refractivity contribution is 5.97. The Kier molecular flexibility index (Phi) is 2.02. The summed E-state index contributed by atoms with van der Waals surface area (Å²) >= 11 is 0. The van der Waals surface area contributed by atoms with Crippen LogP contribution < -0.4 is 0 Å². The molecule has 14 heavy (non-hydrogen) atoms. The van der Waals surface area contributed by atoms with Crippen molar-refractivity contribution in [2.24, 2.45) is 0 Å². The number of hydrogen-bond donors (Lipinski definition) is 1. The SMILES string of the molecule is CC(=O)c1n[nH]nc1-c1ccncn1. The van der Waals surface area contributed by atoms with Gasteiger partial charge >= 0.3 is 0 Å². The van der Waals surface area contributed by atoms with Crippen LogP contribution in [-0.4, -0.2) is 31.2 Å². The van der Waals surface area contributed by atoms with E-state index in [4.69, 9.17) is 0 Å². The molecular weight excluding hydrogens is 182 g/mol. The van der Waals surface area contributed by atoms with E-state index in [0.717, 1.165) is 0 Å². The summed E-state index contributed by atoms with van der Waals surface area (Å²) in [6.07, 6.45) is 2.98. The number of rotatable bonds is 2. The molecule has 0 aliphatic carbocycles. The van der Waals surface area contributed by atoms with Gasteiger partial charge in [-0.1, -0.05) is 0 Å². The molecule has 0 radical (unpaired) electrons. The van der Waals surface area contributed by atoms with Crippen molar-refractivity contribution < 1.29 is 4.79 Å². The molecule has 2 rings (SSSR count). The van der Waals surface area contributed by atoms with E-state index in [1.54, 1.807) is 12.3 Å². The molecule has 6 heteroatoms. The Morgan fingerprint density at radius 3 is 2.93 bits per heavy atom. The second-order valence-corrected chi connectivity index (χ2v) is 2.67. The minimum absolute atomic E-state index is 0.146. The van der Waals surface area contributed by atoms with Crippen LogP contribution in [-0.2, 0) is 0 Å². The number of Topliss-reactive ketones (excluding diaryl/α,β-unsaturated/α-hetero) is 1. The maximum absolute atomic E-state index is 11.1. The lowest BCUT2D eigenvalue weighted by atomic mass is 10.2. The number of carbonyl (C=O) groups excluding carboxylic acids is 1. The molecule has 2 aromatic heterocycles. The molecule has 0 atom stereocenters. The molecule has 0 unspecified atom stereocenters. The summed E-state index contributed by atoms with van der Waals surface area (Å²) in [6, 6.07) is 1.67. The highest BCUT2D eigenvalue weighted by Crippen LogP contribution is 2.15. The van der Waals surface area contributed by atoms with Crippen LogP contribution in [0, 0.1) is 0 Å². The van der Waals surface area contributed by atoms with E-state index in [0.29, 0.717) is 17.1 Å². The summed E-state index contributed by atoms with van der Waals surface area (Å²) in [5, 5.41) is 10.0. The van der Waals surface area contributed by atoms with Crippen LogP contribution in [0.3, 0.4) is 0 Å². The fraction of sp³-hybridized carbons (Fsp3) is 0.125. The molecule has 0 spiro atoms. The van der Waals surface area contributed by atoms with Crippen molar-refractivity contribution in [1.29, 1.82) is 0 Å². The van der Waals surface area contributed by atoms with Crippen molar-refractivity contribution in [1.82, 2.24) is 25.4 Å². The van der Waals surface area contributed by atoms with Gasteiger partial charge in [0.25, 0.3) is 0 Å². The van der Waals surface area contributed by atoms with E-state index >= 15 is 0 Å². The molecule has 2 heterocycles. The molecule has 70 valence electrons. The van der Waals surface area contributed by atoms with Gasteiger partial charge in [-0.3, -0.25) is 4.79 Å². The molecule has 0 aliphatic heterocycles. The number of carbonyl (C=O) groups is 1. The Labute approximate surface area is 79.4 Å². The molecule has 0 aliphatic rings. The lowest BCUT2D eigenvalue weighted by Crippen LogP contribution is -1.96. The Morgan fingerprint density at radius 1 is 1.43 bits per heavy atom. The van der Waals surface area contributed by atoms with Gasteiger partial charge in [0, 0.05) is 13.1 Å². The average Bonchev–Trinajstić information content (AvgIpc) is 2.67. The first-order valence-corrected chi connectivity index (χ1v) is 3.97. The van der Waals surface area contributed by atoms with Gasteiger partial charge in [0.1, 0.15) is 12.0 Å². The van der Waals surface area contributed by atoms with E-state index in [2.05, 4.69) is 25.4 Å². The predicted molar refractivity (Wildman–Crippen MR) is 47.4 cm³/mol. The molecule has 1 N–H and O–H groups in total. The van der Waals surface area contributed by atoms with Crippen molar-refractivity contribution in [2.45, 2.75) is 6.92 Å². The summed E-state index contributed by atoms with van der Waals surface area (Å²) in [5.41, 5.74) is 1.34. The highest BCUT2D eigenvalue weighted by atomic mass is 16.1. The summed E-state index contributed by atoms with van der Waals surface area (Å²) in [6.45, 7) is 1.43. The molecule has 6 nitrogen and oxygen atoms in total. The largest absolute Gasteiger partial charge is 0.293 e. The molecule has 0 amide bonds.